The number of nitrogens with one attached hydrogen (secondary N) is 1. The van der Waals surface area contributed by atoms with Gasteiger partial charge in [-0.1, -0.05) is 0 Å². The first-order chi connectivity index (χ1) is 21.9. The van der Waals surface area contributed by atoms with Crippen LogP contribution in [0.25, 0.3) is 45.0 Å². The zero-order valence-electron chi connectivity index (χ0n) is 25.3. The molecule has 9 rings (SSSR count). The molecule has 3 atom stereocenters. The Kier molecular flexibility index (Phi) is 5.69. The summed E-state index contributed by atoms with van der Waals surface area (Å²) < 4.78 is 10.2. The lowest BCUT2D eigenvalue weighted by Gasteiger charge is -2.27. The lowest BCUT2D eigenvalue weighted by Crippen LogP contribution is -2.41. The number of rotatable bonds is 6. The van der Waals surface area contributed by atoms with Gasteiger partial charge in [-0.3, -0.25) is 9.59 Å². The molecule has 228 valence electrons. The number of ether oxygens (including phenoxy) is 1. The molecule has 0 spiro atoms. The Morgan fingerprint density at radius 1 is 1.04 bits per heavy atom. The number of fused-ring (bicyclic) bond motifs is 5. The number of carbonyl (C=O) groups excluding carboxylic acids is 2. The molecule has 6 heterocycles. The van der Waals surface area contributed by atoms with Crippen molar-refractivity contribution in [1.82, 2.24) is 29.0 Å². The van der Waals surface area contributed by atoms with Gasteiger partial charge in [0.1, 0.15) is 16.9 Å². The van der Waals surface area contributed by atoms with Gasteiger partial charge in [-0.15, -0.1) is 0 Å². The van der Waals surface area contributed by atoms with E-state index in [1.165, 1.54) is 12.8 Å². The third kappa shape index (κ3) is 4.10. The van der Waals surface area contributed by atoms with Crippen molar-refractivity contribution in [3.8, 4) is 28.7 Å². The zero-order valence-corrected chi connectivity index (χ0v) is 25.3. The van der Waals surface area contributed by atoms with Gasteiger partial charge in [-0.25, -0.2) is 15.0 Å². The van der Waals surface area contributed by atoms with E-state index in [-0.39, 0.29) is 30.3 Å². The van der Waals surface area contributed by atoms with Crippen LogP contribution in [0.1, 0.15) is 41.7 Å². The first-order valence-corrected chi connectivity index (χ1v) is 15.8. The van der Waals surface area contributed by atoms with E-state index < -0.39 is 0 Å². The predicted molar refractivity (Wildman–Crippen MR) is 170 cm³/mol. The number of nitrogens with two attached hydrogens (primary N) is 1. The molecule has 2 bridgehead atoms. The second kappa shape index (κ2) is 9.61. The van der Waals surface area contributed by atoms with Crippen LogP contribution in [-0.4, -0.2) is 66.5 Å². The molecule has 2 amide bonds. The quantitative estimate of drug-likeness (QED) is 0.299. The molecule has 1 aromatic carbocycles. The summed E-state index contributed by atoms with van der Waals surface area (Å²) in [6.45, 7) is 1.55. The van der Waals surface area contributed by atoms with Gasteiger partial charge >= 0.3 is 0 Å². The molecule has 2 aliphatic carbocycles. The maximum absolute atomic E-state index is 13.7. The van der Waals surface area contributed by atoms with Gasteiger partial charge in [0.15, 0.2) is 5.82 Å². The normalized spacial score (nSPS) is 22.1. The van der Waals surface area contributed by atoms with Crippen LogP contribution < -0.4 is 15.8 Å². The maximum Gasteiger partial charge on any atom is 0.254 e. The highest BCUT2D eigenvalue weighted by molar-refractivity contribution is 6.01. The highest BCUT2D eigenvalue weighted by Crippen LogP contribution is 2.40. The number of carbonyl (C=O) groups is 2. The van der Waals surface area contributed by atoms with Gasteiger partial charge in [0.05, 0.1) is 47.5 Å². The first kappa shape index (κ1) is 26.6. The summed E-state index contributed by atoms with van der Waals surface area (Å²) in [4.78, 5) is 42.6. The highest BCUT2D eigenvalue weighted by Gasteiger charge is 2.47. The molecule has 4 aliphatic rings. The monoisotopic (exact) mass is 602 g/mol. The number of benzene rings is 1. The molecule has 11 heteroatoms. The smallest absolute Gasteiger partial charge is 0.254 e. The third-order valence-electron chi connectivity index (χ3n) is 10.3. The molecule has 4 aromatic heterocycles. The van der Waals surface area contributed by atoms with Crippen LogP contribution in [0.3, 0.4) is 0 Å². The summed E-state index contributed by atoms with van der Waals surface area (Å²) in [7, 11) is 3.63. The minimum Gasteiger partial charge on any atom is -0.494 e. The van der Waals surface area contributed by atoms with Crippen LogP contribution >= 0.6 is 0 Å². The molecular weight excluding hydrogens is 568 g/mol. The number of imidazole rings is 1. The molecule has 2 aliphatic heterocycles. The van der Waals surface area contributed by atoms with Crippen molar-refractivity contribution < 1.29 is 14.3 Å². The molecular formula is C34H34N8O3. The fourth-order valence-corrected chi connectivity index (χ4v) is 7.70. The number of amides is 2. The number of piperidine rings is 1. The number of aromatic nitrogens is 5. The van der Waals surface area contributed by atoms with E-state index >= 15 is 0 Å². The maximum atomic E-state index is 13.7. The Morgan fingerprint density at radius 3 is 2.62 bits per heavy atom. The predicted octanol–water partition coefficient (Wildman–Crippen LogP) is 4.13. The summed E-state index contributed by atoms with van der Waals surface area (Å²) >= 11 is 0. The SMILES string of the molecule is COc1cc(C(=O)N2CC3CCC2C3N)cc2nc(-c3cc4ccc(-c5ccc6c(n5)CC(=O)N6)nc4n3CC3CC3)n(C)c12. The molecule has 3 unspecified atom stereocenters. The number of hydrogen-bond donors (Lipinski definition) is 2. The summed E-state index contributed by atoms with van der Waals surface area (Å²) in [5.74, 6) is 2.33. The second-order valence-corrected chi connectivity index (χ2v) is 13.1. The molecule has 11 nitrogen and oxygen atoms in total. The van der Waals surface area contributed by atoms with Gasteiger partial charge in [0.2, 0.25) is 5.91 Å². The van der Waals surface area contributed by atoms with E-state index in [2.05, 4.69) is 26.6 Å². The molecule has 0 radical (unpaired) electrons. The Morgan fingerprint density at radius 2 is 1.87 bits per heavy atom. The van der Waals surface area contributed by atoms with E-state index in [0.717, 1.165) is 70.2 Å². The van der Waals surface area contributed by atoms with Crippen molar-refractivity contribution in [2.24, 2.45) is 24.6 Å². The molecule has 3 N–H and O–H groups in total. The van der Waals surface area contributed by atoms with Gasteiger partial charge < -0.3 is 29.8 Å². The van der Waals surface area contributed by atoms with Crippen molar-refractivity contribution >= 4 is 39.6 Å². The Balaban J connectivity index is 1.14. The van der Waals surface area contributed by atoms with Crippen LogP contribution in [0.2, 0.25) is 0 Å². The van der Waals surface area contributed by atoms with Gasteiger partial charge in [-0.2, -0.15) is 0 Å². The molecule has 1 saturated heterocycles. The summed E-state index contributed by atoms with van der Waals surface area (Å²) in [5, 5.41) is 3.87. The Hall–Kier alpha value is -4.77. The van der Waals surface area contributed by atoms with Crippen LogP contribution in [-0.2, 0) is 24.8 Å². The van der Waals surface area contributed by atoms with E-state index in [1.807, 2.05) is 42.3 Å². The number of anilines is 1. The number of nitrogens with zero attached hydrogens (tertiary/aromatic N) is 6. The standard InChI is InChI=1S/C34H34N8O3/c1-40-31-25(11-20(13-28(31)45-2)34(44)42-16-19-6-10-26(42)30(19)35)39-33(40)27-12-18-5-7-22(38-32(18)41(27)15-17-3-4-17)21-8-9-23-24(36-21)14-29(43)37-23/h5,7-9,11-13,17,19,26,30H,3-4,6,10,14-16,35H2,1-2H3,(H,37,43). The summed E-state index contributed by atoms with van der Waals surface area (Å²) in [5.41, 5.74) is 13.4. The van der Waals surface area contributed by atoms with Crippen molar-refractivity contribution in [1.29, 1.82) is 0 Å². The molecule has 2 saturated carbocycles. The fraction of sp³-hybridized carbons (Fsp3) is 0.382. The second-order valence-electron chi connectivity index (χ2n) is 13.1. The fourth-order valence-electron chi connectivity index (χ4n) is 7.70. The summed E-state index contributed by atoms with van der Waals surface area (Å²) in [6.07, 6.45) is 4.72. The average molecular weight is 603 g/mol. The number of likely N-dealkylation sites (tertiary alicyclic amines) is 1. The highest BCUT2D eigenvalue weighted by atomic mass is 16.5. The largest absolute Gasteiger partial charge is 0.494 e. The lowest BCUT2D eigenvalue weighted by atomic mass is 10.1. The third-order valence-corrected chi connectivity index (χ3v) is 10.3. The van der Waals surface area contributed by atoms with Crippen LogP contribution in [0.4, 0.5) is 5.69 Å². The van der Waals surface area contributed by atoms with Crippen LogP contribution in [0.5, 0.6) is 5.75 Å². The number of hydrogen-bond acceptors (Lipinski definition) is 7. The molecule has 3 fully saturated rings. The molecule has 45 heavy (non-hydrogen) atoms. The van der Waals surface area contributed by atoms with E-state index in [9.17, 15) is 9.59 Å². The van der Waals surface area contributed by atoms with Gasteiger partial charge in [-0.05, 0) is 80.0 Å². The van der Waals surface area contributed by atoms with Gasteiger partial charge in [0, 0.05) is 43.2 Å². The van der Waals surface area contributed by atoms with Crippen molar-refractivity contribution in [3.63, 3.8) is 0 Å². The van der Waals surface area contributed by atoms with E-state index in [0.29, 0.717) is 35.2 Å². The van der Waals surface area contributed by atoms with Gasteiger partial charge in [0.25, 0.3) is 5.91 Å². The number of methoxy groups -OCH3 is 1. The summed E-state index contributed by atoms with van der Waals surface area (Å²) in [6, 6.07) is 13.9. The average Bonchev–Trinajstić information content (AvgIpc) is 3.26. The van der Waals surface area contributed by atoms with E-state index in [1.54, 1.807) is 7.11 Å². The van der Waals surface area contributed by atoms with Crippen LogP contribution in [0, 0.1) is 11.8 Å². The minimum atomic E-state index is -0.0381. The van der Waals surface area contributed by atoms with Crippen LogP contribution in [0.15, 0.2) is 42.5 Å². The minimum absolute atomic E-state index is 0.00931. The topological polar surface area (TPSA) is 133 Å². The Labute approximate surface area is 259 Å². The molecule has 5 aromatic rings. The van der Waals surface area contributed by atoms with E-state index in [4.69, 9.17) is 25.4 Å². The first-order valence-electron chi connectivity index (χ1n) is 15.8. The number of pyridine rings is 2. The van der Waals surface area contributed by atoms with Crippen molar-refractivity contribution in [2.75, 3.05) is 19.0 Å². The Bertz CT molecular complexity index is 2080. The van der Waals surface area contributed by atoms with Crippen molar-refractivity contribution in [2.45, 2.75) is 50.7 Å². The lowest BCUT2D eigenvalue weighted by molar-refractivity contribution is -0.115. The number of aryl methyl sites for hydroxylation is 1. The zero-order chi connectivity index (χ0) is 30.6. The van der Waals surface area contributed by atoms with Crippen molar-refractivity contribution in [3.05, 3.63) is 53.7 Å².